The van der Waals surface area contributed by atoms with Crippen LogP contribution in [-0.4, -0.2) is 15.6 Å². The van der Waals surface area contributed by atoms with Crippen molar-refractivity contribution in [1.82, 2.24) is 4.57 Å². The molecule has 0 saturated carbocycles. The molecule has 0 spiro atoms. The van der Waals surface area contributed by atoms with Gasteiger partial charge in [0, 0.05) is 29.2 Å². The fraction of sp³-hybridized carbons (Fsp3) is 0.267. The number of carbonyl (C=O) groups is 1. The second-order valence-electron chi connectivity index (χ2n) is 4.73. The Morgan fingerprint density at radius 1 is 1.39 bits per heavy atom. The highest BCUT2D eigenvalue weighted by molar-refractivity contribution is 5.95. The van der Waals surface area contributed by atoms with Crippen molar-refractivity contribution in [2.75, 3.05) is 0 Å². The van der Waals surface area contributed by atoms with E-state index in [0.29, 0.717) is 6.04 Å². The SMILES string of the molecule is Cc1cn(C(C)C)c2cccc(/C=C/C(=O)O)c12. The zero-order valence-corrected chi connectivity index (χ0v) is 10.8. The highest BCUT2D eigenvalue weighted by Gasteiger charge is 2.10. The molecular weight excluding hydrogens is 226 g/mol. The molecule has 1 aromatic heterocycles. The zero-order chi connectivity index (χ0) is 13.3. The number of carboxylic acids is 1. The zero-order valence-electron chi connectivity index (χ0n) is 10.8. The maximum atomic E-state index is 10.6. The Bertz CT molecular complexity index is 621. The molecule has 1 aromatic carbocycles. The van der Waals surface area contributed by atoms with Crippen LogP contribution in [0.3, 0.4) is 0 Å². The van der Waals surface area contributed by atoms with Crippen LogP contribution < -0.4 is 0 Å². The van der Waals surface area contributed by atoms with Crippen molar-refractivity contribution in [3.05, 3.63) is 41.6 Å². The van der Waals surface area contributed by atoms with Crippen molar-refractivity contribution < 1.29 is 9.90 Å². The molecule has 0 atom stereocenters. The van der Waals surface area contributed by atoms with Gasteiger partial charge in [-0.05, 0) is 44.0 Å². The van der Waals surface area contributed by atoms with Crippen molar-refractivity contribution >= 4 is 22.9 Å². The van der Waals surface area contributed by atoms with Crippen LogP contribution in [-0.2, 0) is 4.79 Å². The predicted octanol–water partition coefficient (Wildman–Crippen LogP) is 3.63. The lowest BCUT2D eigenvalue weighted by atomic mass is 10.1. The van der Waals surface area contributed by atoms with Gasteiger partial charge in [-0.3, -0.25) is 0 Å². The lowest BCUT2D eigenvalue weighted by molar-refractivity contribution is -0.131. The van der Waals surface area contributed by atoms with Gasteiger partial charge in [0.05, 0.1) is 0 Å². The Hall–Kier alpha value is -2.03. The summed E-state index contributed by atoms with van der Waals surface area (Å²) < 4.78 is 2.21. The summed E-state index contributed by atoms with van der Waals surface area (Å²) in [6.07, 6.45) is 4.96. The molecule has 18 heavy (non-hydrogen) atoms. The smallest absolute Gasteiger partial charge is 0.328 e. The molecule has 3 heteroatoms. The summed E-state index contributed by atoms with van der Waals surface area (Å²) in [4.78, 5) is 10.6. The van der Waals surface area contributed by atoms with Crippen molar-refractivity contribution in [2.45, 2.75) is 26.8 Å². The van der Waals surface area contributed by atoms with E-state index < -0.39 is 5.97 Å². The van der Waals surface area contributed by atoms with Crippen LogP contribution in [0.4, 0.5) is 0 Å². The number of hydrogen-bond donors (Lipinski definition) is 1. The van der Waals surface area contributed by atoms with Gasteiger partial charge >= 0.3 is 5.97 Å². The first-order chi connectivity index (χ1) is 8.50. The molecular formula is C15H17NO2. The largest absolute Gasteiger partial charge is 0.478 e. The van der Waals surface area contributed by atoms with E-state index in [2.05, 4.69) is 37.6 Å². The third-order valence-corrected chi connectivity index (χ3v) is 3.04. The highest BCUT2D eigenvalue weighted by atomic mass is 16.4. The molecule has 0 aliphatic carbocycles. The van der Waals surface area contributed by atoms with Gasteiger partial charge in [0.25, 0.3) is 0 Å². The summed E-state index contributed by atoms with van der Waals surface area (Å²) in [5, 5.41) is 9.85. The van der Waals surface area contributed by atoms with Crippen LogP contribution in [0.25, 0.3) is 17.0 Å². The molecule has 0 unspecified atom stereocenters. The quantitative estimate of drug-likeness (QED) is 0.836. The number of aromatic nitrogens is 1. The molecule has 0 fully saturated rings. The molecule has 94 valence electrons. The third kappa shape index (κ3) is 2.16. The highest BCUT2D eigenvalue weighted by Crippen LogP contribution is 2.28. The van der Waals surface area contributed by atoms with Gasteiger partial charge in [-0.1, -0.05) is 12.1 Å². The molecule has 0 saturated heterocycles. The standard InChI is InChI=1S/C15H17NO2/c1-10(2)16-9-11(3)15-12(7-8-14(17)18)5-4-6-13(15)16/h4-10H,1-3H3,(H,17,18)/b8-7+. The average Bonchev–Trinajstić information content (AvgIpc) is 2.65. The van der Waals surface area contributed by atoms with Gasteiger partial charge in [-0.25, -0.2) is 4.79 Å². The van der Waals surface area contributed by atoms with Crippen LogP contribution in [0.2, 0.25) is 0 Å². The van der Waals surface area contributed by atoms with Crippen molar-refractivity contribution in [3.63, 3.8) is 0 Å². The number of fused-ring (bicyclic) bond motifs is 1. The van der Waals surface area contributed by atoms with Gasteiger partial charge in [0.1, 0.15) is 0 Å². The molecule has 1 N–H and O–H groups in total. The van der Waals surface area contributed by atoms with Crippen LogP contribution >= 0.6 is 0 Å². The second kappa shape index (κ2) is 4.69. The lowest BCUT2D eigenvalue weighted by Crippen LogP contribution is -1.97. The Kier molecular flexibility index (Phi) is 3.24. The molecule has 3 nitrogen and oxygen atoms in total. The van der Waals surface area contributed by atoms with Gasteiger partial charge < -0.3 is 9.67 Å². The van der Waals surface area contributed by atoms with Crippen LogP contribution in [0.15, 0.2) is 30.5 Å². The molecule has 0 bridgehead atoms. The Balaban J connectivity index is 2.66. The molecule has 2 rings (SSSR count). The van der Waals surface area contributed by atoms with Crippen molar-refractivity contribution in [2.24, 2.45) is 0 Å². The monoisotopic (exact) mass is 243 g/mol. The summed E-state index contributed by atoms with van der Waals surface area (Å²) in [5.74, 6) is -0.923. The third-order valence-electron chi connectivity index (χ3n) is 3.04. The molecule has 1 heterocycles. The first-order valence-electron chi connectivity index (χ1n) is 6.02. The van der Waals surface area contributed by atoms with Gasteiger partial charge in [-0.2, -0.15) is 0 Å². The minimum atomic E-state index is -0.923. The van der Waals surface area contributed by atoms with Gasteiger partial charge in [-0.15, -0.1) is 0 Å². The van der Waals surface area contributed by atoms with Crippen LogP contribution in [0, 0.1) is 6.92 Å². The molecule has 0 aliphatic heterocycles. The summed E-state index contributed by atoms with van der Waals surface area (Å²) in [6, 6.07) is 6.36. The van der Waals surface area contributed by atoms with Crippen molar-refractivity contribution in [1.29, 1.82) is 0 Å². The first kappa shape index (κ1) is 12.4. The summed E-state index contributed by atoms with van der Waals surface area (Å²) in [5.41, 5.74) is 3.27. The maximum absolute atomic E-state index is 10.6. The Morgan fingerprint density at radius 3 is 2.72 bits per heavy atom. The van der Waals surface area contributed by atoms with Crippen LogP contribution in [0.5, 0.6) is 0 Å². The average molecular weight is 243 g/mol. The Labute approximate surface area is 106 Å². The van der Waals surface area contributed by atoms with E-state index in [1.54, 1.807) is 6.08 Å². The van der Waals surface area contributed by atoms with E-state index in [0.717, 1.165) is 16.5 Å². The van der Waals surface area contributed by atoms with E-state index in [-0.39, 0.29) is 0 Å². The lowest BCUT2D eigenvalue weighted by Gasteiger charge is -2.09. The number of aryl methyl sites for hydroxylation is 1. The van der Waals surface area contributed by atoms with E-state index in [1.807, 2.05) is 12.1 Å². The number of rotatable bonds is 3. The van der Waals surface area contributed by atoms with E-state index in [1.165, 1.54) is 11.6 Å². The van der Waals surface area contributed by atoms with E-state index in [4.69, 9.17) is 5.11 Å². The fourth-order valence-electron chi connectivity index (χ4n) is 2.27. The summed E-state index contributed by atoms with van der Waals surface area (Å²) in [7, 11) is 0. The van der Waals surface area contributed by atoms with E-state index in [9.17, 15) is 4.79 Å². The molecule has 2 aromatic rings. The summed E-state index contributed by atoms with van der Waals surface area (Å²) >= 11 is 0. The minimum Gasteiger partial charge on any atom is -0.478 e. The number of benzene rings is 1. The normalized spacial score (nSPS) is 11.8. The number of aliphatic carboxylic acids is 1. The maximum Gasteiger partial charge on any atom is 0.328 e. The topological polar surface area (TPSA) is 42.2 Å². The molecule has 0 amide bonds. The minimum absolute atomic E-state index is 0.389. The summed E-state index contributed by atoms with van der Waals surface area (Å²) in [6.45, 7) is 6.33. The Morgan fingerprint density at radius 2 is 2.11 bits per heavy atom. The first-order valence-corrected chi connectivity index (χ1v) is 6.02. The van der Waals surface area contributed by atoms with Gasteiger partial charge in [0.15, 0.2) is 0 Å². The van der Waals surface area contributed by atoms with E-state index >= 15 is 0 Å². The molecule has 0 radical (unpaired) electrons. The number of carboxylic acid groups (broad SMARTS) is 1. The van der Waals surface area contributed by atoms with Crippen LogP contribution in [0.1, 0.15) is 31.0 Å². The number of hydrogen-bond acceptors (Lipinski definition) is 1. The van der Waals surface area contributed by atoms with Gasteiger partial charge in [0.2, 0.25) is 0 Å². The molecule has 0 aliphatic rings. The fourth-order valence-corrected chi connectivity index (χ4v) is 2.27. The number of nitrogens with zero attached hydrogens (tertiary/aromatic N) is 1. The second-order valence-corrected chi connectivity index (χ2v) is 4.73. The predicted molar refractivity (Wildman–Crippen MR) is 73.7 cm³/mol. The van der Waals surface area contributed by atoms with Crippen molar-refractivity contribution in [3.8, 4) is 0 Å².